The van der Waals surface area contributed by atoms with E-state index >= 15 is 0 Å². The van der Waals surface area contributed by atoms with Crippen LogP contribution in [0.25, 0.3) is 21.8 Å². The Morgan fingerprint density at radius 2 is 1.35 bits per heavy atom. The standard InChI is InChI=1S/C33H29N5O2/c1-37-17-15-24-19-23(3-13-31(24)37)21-40-22-34-27-5-7-28(8-6-27)35-29-9-11-30(12-10-29)36-33(39)26-4-14-32-25(20-26)16-18-38(32)2/h3-20,22,35H,21H2,1-2H3,(H,36,39). The van der Waals surface area contributed by atoms with Gasteiger partial charge in [0.15, 0.2) is 6.40 Å². The van der Waals surface area contributed by atoms with Crippen LogP contribution in [-0.4, -0.2) is 21.4 Å². The fourth-order valence-corrected chi connectivity index (χ4v) is 4.71. The van der Waals surface area contributed by atoms with E-state index in [2.05, 4.69) is 50.7 Å². The Bertz CT molecular complexity index is 1830. The molecule has 0 fully saturated rings. The van der Waals surface area contributed by atoms with Crippen LogP contribution in [-0.2, 0) is 25.4 Å². The number of carbonyl (C=O) groups is 1. The highest BCUT2D eigenvalue weighted by Gasteiger charge is 2.08. The summed E-state index contributed by atoms with van der Waals surface area (Å²) in [6.45, 7) is 0.465. The molecule has 0 spiro atoms. The van der Waals surface area contributed by atoms with Gasteiger partial charge in [0.05, 0.1) is 5.69 Å². The van der Waals surface area contributed by atoms with Crippen LogP contribution in [0.15, 0.2) is 114 Å². The van der Waals surface area contributed by atoms with Gasteiger partial charge in [-0.25, -0.2) is 4.99 Å². The minimum atomic E-state index is -0.135. The largest absolute Gasteiger partial charge is 0.478 e. The number of hydrogen-bond acceptors (Lipinski definition) is 4. The first kappa shape index (κ1) is 25.0. The number of fused-ring (bicyclic) bond motifs is 2. The fourth-order valence-electron chi connectivity index (χ4n) is 4.71. The van der Waals surface area contributed by atoms with Crippen LogP contribution in [0.5, 0.6) is 0 Å². The second-order valence-electron chi connectivity index (χ2n) is 9.77. The Labute approximate surface area is 232 Å². The maximum atomic E-state index is 12.7. The van der Waals surface area contributed by atoms with Crippen LogP contribution >= 0.6 is 0 Å². The molecule has 0 aliphatic rings. The number of hydrogen-bond donors (Lipinski definition) is 2. The molecule has 0 saturated heterocycles. The Balaban J connectivity index is 1.00. The normalized spacial score (nSPS) is 11.3. The molecule has 4 aromatic carbocycles. The maximum Gasteiger partial charge on any atom is 0.255 e. The van der Waals surface area contributed by atoms with Crippen LogP contribution in [0.1, 0.15) is 15.9 Å². The summed E-state index contributed by atoms with van der Waals surface area (Å²) in [6, 6.07) is 31.5. The minimum absolute atomic E-state index is 0.135. The van der Waals surface area contributed by atoms with Gasteiger partial charge in [-0.2, -0.15) is 0 Å². The summed E-state index contributed by atoms with van der Waals surface area (Å²) in [7, 11) is 4.03. The zero-order valence-electron chi connectivity index (χ0n) is 22.3. The number of anilines is 3. The molecule has 2 aromatic heterocycles. The van der Waals surface area contributed by atoms with Crippen LogP contribution in [0.2, 0.25) is 0 Å². The Morgan fingerprint density at radius 3 is 2.05 bits per heavy atom. The van der Waals surface area contributed by atoms with Crippen LogP contribution < -0.4 is 10.6 Å². The summed E-state index contributed by atoms with van der Waals surface area (Å²) in [5.41, 5.74) is 7.41. The van der Waals surface area contributed by atoms with E-state index < -0.39 is 0 Å². The zero-order valence-corrected chi connectivity index (χ0v) is 22.3. The summed E-state index contributed by atoms with van der Waals surface area (Å²) in [4.78, 5) is 17.1. The molecule has 0 saturated carbocycles. The Kier molecular flexibility index (Phi) is 6.77. The van der Waals surface area contributed by atoms with Gasteiger partial charge in [-0.1, -0.05) is 6.07 Å². The van der Waals surface area contributed by atoms with Gasteiger partial charge in [0.2, 0.25) is 0 Å². The van der Waals surface area contributed by atoms with Gasteiger partial charge in [-0.15, -0.1) is 0 Å². The number of aryl methyl sites for hydroxylation is 2. The third-order valence-electron chi connectivity index (χ3n) is 6.92. The smallest absolute Gasteiger partial charge is 0.255 e. The Hall–Kier alpha value is -5.30. The van der Waals surface area contributed by atoms with Gasteiger partial charge in [0.25, 0.3) is 5.91 Å². The summed E-state index contributed by atoms with van der Waals surface area (Å²) >= 11 is 0. The molecule has 6 aromatic rings. The van der Waals surface area contributed by atoms with Crippen molar-refractivity contribution in [1.29, 1.82) is 0 Å². The van der Waals surface area contributed by atoms with Crippen LogP contribution in [0.4, 0.5) is 22.7 Å². The molecule has 1 amide bonds. The number of benzene rings is 4. The third kappa shape index (κ3) is 5.44. The summed E-state index contributed by atoms with van der Waals surface area (Å²) in [6.07, 6.45) is 5.53. The average molecular weight is 528 g/mol. The van der Waals surface area contributed by atoms with Crippen molar-refractivity contribution in [3.63, 3.8) is 0 Å². The van der Waals surface area contributed by atoms with Gasteiger partial charge in [0, 0.05) is 65.5 Å². The van der Waals surface area contributed by atoms with Crippen molar-refractivity contribution in [2.75, 3.05) is 10.6 Å². The van der Waals surface area contributed by atoms with Gasteiger partial charge >= 0.3 is 0 Å². The quantitative estimate of drug-likeness (QED) is 0.159. The van der Waals surface area contributed by atoms with Gasteiger partial charge in [-0.05, 0) is 102 Å². The number of amides is 1. The molecule has 7 heteroatoms. The number of rotatable bonds is 8. The maximum absolute atomic E-state index is 12.7. The lowest BCUT2D eigenvalue weighted by atomic mass is 10.1. The van der Waals surface area contributed by atoms with Gasteiger partial charge in [0.1, 0.15) is 6.61 Å². The Morgan fingerprint density at radius 1 is 0.750 bits per heavy atom. The van der Waals surface area contributed by atoms with E-state index in [1.165, 1.54) is 17.3 Å². The number of nitrogens with zero attached hydrogens (tertiary/aromatic N) is 3. The minimum Gasteiger partial charge on any atom is -0.478 e. The molecular formula is C33H29N5O2. The summed E-state index contributed by atoms with van der Waals surface area (Å²) in [5.74, 6) is -0.135. The third-order valence-corrected chi connectivity index (χ3v) is 6.92. The highest BCUT2D eigenvalue weighted by atomic mass is 16.5. The van der Waals surface area contributed by atoms with Crippen molar-refractivity contribution in [2.45, 2.75) is 6.61 Å². The molecule has 2 N–H and O–H groups in total. The predicted molar refractivity (Wildman–Crippen MR) is 163 cm³/mol. The van der Waals surface area contributed by atoms with Crippen molar-refractivity contribution >= 4 is 56.9 Å². The molecule has 0 aliphatic heterocycles. The predicted octanol–water partition coefficient (Wildman–Crippen LogP) is 7.54. The molecule has 0 aliphatic carbocycles. The lowest BCUT2D eigenvalue weighted by Gasteiger charge is -2.09. The van der Waals surface area contributed by atoms with Crippen molar-refractivity contribution < 1.29 is 9.53 Å². The van der Waals surface area contributed by atoms with E-state index in [1.54, 1.807) is 0 Å². The molecule has 0 atom stereocenters. The van der Waals surface area contributed by atoms with Crippen molar-refractivity contribution in [3.05, 3.63) is 121 Å². The average Bonchev–Trinajstić information content (AvgIpc) is 3.54. The molecule has 0 bridgehead atoms. The van der Waals surface area contributed by atoms with E-state index in [-0.39, 0.29) is 5.91 Å². The molecule has 0 unspecified atom stereocenters. The monoisotopic (exact) mass is 527 g/mol. The number of ether oxygens (including phenoxy) is 1. The number of aromatic nitrogens is 2. The van der Waals surface area contributed by atoms with E-state index in [4.69, 9.17) is 4.74 Å². The van der Waals surface area contributed by atoms with Crippen LogP contribution in [0.3, 0.4) is 0 Å². The fraction of sp³-hybridized carbons (Fsp3) is 0.0909. The van der Waals surface area contributed by atoms with Crippen molar-refractivity contribution in [1.82, 2.24) is 9.13 Å². The van der Waals surface area contributed by atoms with E-state index in [0.29, 0.717) is 12.2 Å². The number of aliphatic imine (C=N–C) groups is 1. The lowest BCUT2D eigenvalue weighted by Crippen LogP contribution is -2.11. The number of nitrogens with one attached hydrogen (secondary N) is 2. The van der Waals surface area contributed by atoms with Crippen molar-refractivity contribution in [3.8, 4) is 0 Å². The van der Waals surface area contributed by atoms with Gasteiger partial charge in [-0.3, -0.25) is 4.79 Å². The highest BCUT2D eigenvalue weighted by Crippen LogP contribution is 2.23. The first-order valence-electron chi connectivity index (χ1n) is 13.0. The van der Waals surface area contributed by atoms with Crippen molar-refractivity contribution in [2.24, 2.45) is 19.1 Å². The summed E-state index contributed by atoms with van der Waals surface area (Å²) < 4.78 is 9.78. The number of carbonyl (C=O) groups excluding carboxylic acids is 1. The molecular weight excluding hydrogens is 498 g/mol. The van der Waals surface area contributed by atoms with E-state index in [9.17, 15) is 4.79 Å². The topological polar surface area (TPSA) is 72.6 Å². The first-order valence-corrected chi connectivity index (χ1v) is 13.0. The first-order chi connectivity index (χ1) is 19.5. The lowest BCUT2D eigenvalue weighted by molar-refractivity contribution is 0.102. The molecule has 7 nitrogen and oxygen atoms in total. The molecule has 0 radical (unpaired) electrons. The summed E-state index contributed by atoms with van der Waals surface area (Å²) in [5, 5.41) is 8.58. The van der Waals surface area contributed by atoms with Crippen LogP contribution in [0, 0.1) is 0 Å². The second kappa shape index (κ2) is 10.8. The zero-order chi connectivity index (χ0) is 27.5. The highest BCUT2D eigenvalue weighted by molar-refractivity contribution is 6.06. The van der Waals surface area contributed by atoms with Gasteiger partial charge < -0.3 is 24.5 Å². The molecule has 198 valence electrons. The van der Waals surface area contributed by atoms with E-state index in [0.717, 1.165) is 39.2 Å². The van der Waals surface area contributed by atoms with E-state index in [1.807, 2.05) is 97.7 Å². The molecule has 6 rings (SSSR count). The SMILES string of the molecule is Cn1ccc2cc(COC=Nc3ccc(Nc4ccc(NC(=O)c5ccc6c(ccn6C)c5)cc4)cc3)ccc21. The second-order valence-corrected chi connectivity index (χ2v) is 9.77. The molecule has 2 heterocycles. The molecule has 40 heavy (non-hydrogen) atoms.